The van der Waals surface area contributed by atoms with Gasteiger partial charge in [0.2, 0.25) is 0 Å². The monoisotopic (exact) mass is 213 g/mol. The predicted molar refractivity (Wildman–Crippen MR) is 47.0 cm³/mol. The number of hydrogen-bond donors (Lipinski definition) is 0. The molecule has 0 spiro atoms. The Balaban J connectivity index is 3.14. The number of methoxy groups -OCH3 is 1. The van der Waals surface area contributed by atoms with Crippen molar-refractivity contribution in [3.8, 4) is 5.75 Å². The third kappa shape index (κ3) is 2.77. The number of rotatable bonds is 3. The number of halogens is 2. The number of ether oxygens (including phenoxy) is 1. The maximum absolute atomic E-state index is 13.2. The van der Waals surface area contributed by atoms with E-state index < -0.39 is 23.2 Å². The third-order valence-electron chi connectivity index (χ3n) is 1.67. The Kier molecular flexibility index (Phi) is 3.38. The van der Waals surface area contributed by atoms with Crippen LogP contribution in [0.4, 0.5) is 8.78 Å². The summed E-state index contributed by atoms with van der Waals surface area (Å²) in [6.45, 7) is 0. The van der Waals surface area contributed by atoms with Gasteiger partial charge in [0.1, 0.15) is 17.4 Å². The molecule has 1 aromatic rings. The van der Waals surface area contributed by atoms with Crippen molar-refractivity contribution >= 4 is 12.0 Å². The van der Waals surface area contributed by atoms with Gasteiger partial charge < -0.3 is 14.6 Å². The molecular formula is C10H7F2O3-. The summed E-state index contributed by atoms with van der Waals surface area (Å²) in [7, 11) is 1.27. The van der Waals surface area contributed by atoms with Gasteiger partial charge in [0.05, 0.1) is 13.1 Å². The minimum atomic E-state index is -1.52. The molecule has 0 amide bonds. The summed E-state index contributed by atoms with van der Waals surface area (Å²) in [6.07, 6.45) is 1.34. The molecule has 0 unspecified atom stereocenters. The second kappa shape index (κ2) is 4.54. The van der Waals surface area contributed by atoms with Crippen molar-refractivity contribution in [3.63, 3.8) is 0 Å². The van der Waals surface area contributed by atoms with Crippen LogP contribution in [0.15, 0.2) is 18.2 Å². The van der Waals surface area contributed by atoms with Gasteiger partial charge >= 0.3 is 0 Å². The zero-order valence-electron chi connectivity index (χ0n) is 7.79. The number of carboxylic acids is 1. The van der Waals surface area contributed by atoms with E-state index in [4.69, 9.17) is 0 Å². The fourth-order valence-corrected chi connectivity index (χ4v) is 0.989. The van der Waals surface area contributed by atoms with Crippen LogP contribution in [0.3, 0.4) is 0 Å². The summed E-state index contributed by atoms with van der Waals surface area (Å²) in [6, 6.07) is 1.91. The SMILES string of the molecule is COc1cc(F)c(/C=C/C(=O)[O-])c(F)c1. The number of hydrogen-bond acceptors (Lipinski definition) is 3. The van der Waals surface area contributed by atoms with Crippen molar-refractivity contribution in [3.05, 3.63) is 35.4 Å². The van der Waals surface area contributed by atoms with E-state index in [-0.39, 0.29) is 5.75 Å². The highest BCUT2D eigenvalue weighted by atomic mass is 19.1. The van der Waals surface area contributed by atoms with E-state index in [1.165, 1.54) is 7.11 Å². The van der Waals surface area contributed by atoms with E-state index >= 15 is 0 Å². The van der Waals surface area contributed by atoms with Crippen LogP contribution in [-0.4, -0.2) is 13.1 Å². The molecule has 1 aromatic carbocycles. The maximum atomic E-state index is 13.2. The number of carbonyl (C=O) groups is 1. The van der Waals surface area contributed by atoms with Crippen LogP contribution in [0.2, 0.25) is 0 Å². The molecule has 80 valence electrons. The summed E-state index contributed by atoms with van der Waals surface area (Å²) in [5, 5.41) is 10.1. The van der Waals surface area contributed by atoms with Crippen molar-refractivity contribution in [2.45, 2.75) is 0 Å². The van der Waals surface area contributed by atoms with Gasteiger partial charge in [0.25, 0.3) is 0 Å². The molecule has 1 rings (SSSR count). The average Bonchev–Trinajstić information content (AvgIpc) is 2.15. The molecule has 0 bridgehead atoms. The van der Waals surface area contributed by atoms with Gasteiger partial charge in [-0.15, -0.1) is 0 Å². The Morgan fingerprint density at radius 2 is 1.93 bits per heavy atom. The van der Waals surface area contributed by atoms with Crippen molar-refractivity contribution in [2.24, 2.45) is 0 Å². The Labute approximate surface area is 84.6 Å². The molecule has 0 heterocycles. The lowest BCUT2D eigenvalue weighted by Gasteiger charge is -2.03. The topological polar surface area (TPSA) is 49.4 Å². The van der Waals surface area contributed by atoms with Crippen LogP contribution < -0.4 is 9.84 Å². The molecule has 3 nitrogen and oxygen atoms in total. The van der Waals surface area contributed by atoms with Gasteiger partial charge in [-0.2, -0.15) is 0 Å². The van der Waals surface area contributed by atoms with E-state index in [2.05, 4.69) is 4.74 Å². The number of carboxylic acid groups (broad SMARTS) is 1. The normalized spacial score (nSPS) is 10.6. The highest BCUT2D eigenvalue weighted by Crippen LogP contribution is 2.21. The number of benzene rings is 1. The summed E-state index contributed by atoms with van der Waals surface area (Å²) >= 11 is 0. The quantitative estimate of drug-likeness (QED) is 0.695. The molecule has 0 aliphatic carbocycles. The maximum Gasteiger partial charge on any atom is 0.137 e. The van der Waals surface area contributed by atoms with Gasteiger partial charge in [-0.25, -0.2) is 8.78 Å². The van der Waals surface area contributed by atoms with Crippen molar-refractivity contribution in [1.29, 1.82) is 0 Å². The number of aliphatic carboxylic acids is 1. The fourth-order valence-electron chi connectivity index (χ4n) is 0.989. The first-order chi connectivity index (χ1) is 7.04. The molecule has 0 fully saturated rings. The van der Waals surface area contributed by atoms with E-state index in [1.54, 1.807) is 0 Å². The van der Waals surface area contributed by atoms with E-state index in [1.807, 2.05) is 0 Å². The van der Waals surface area contributed by atoms with Crippen molar-refractivity contribution < 1.29 is 23.4 Å². The van der Waals surface area contributed by atoms with Crippen LogP contribution in [0.1, 0.15) is 5.56 Å². The lowest BCUT2D eigenvalue weighted by atomic mass is 10.1. The molecule has 0 radical (unpaired) electrons. The first-order valence-corrected chi connectivity index (χ1v) is 3.96. The predicted octanol–water partition coefficient (Wildman–Crippen LogP) is 0.736. The molecule has 0 aromatic heterocycles. The van der Waals surface area contributed by atoms with Crippen LogP contribution in [0.5, 0.6) is 5.75 Å². The number of carbonyl (C=O) groups excluding carboxylic acids is 1. The minimum absolute atomic E-state index is 0.0237. The molecule has 0 N–H and O–H groups in total. The summed E-state index contributed by atoms with van der Waals surface area (Å²) < 4.78 is 31.0. The molecule has 0 aliphatic rings. The lowest BCUT2D eigenvalue weighted by molar-refractivity contribution is -0.297. The van der Waals surface area contributed by atoms with Crippen LogP contribution in [0.25, 0.3) is 6.08 Å². The minimum Gasteiger partial charge on any atom is -0.545 e. The summed E-state index contributed by atoms with van der Waals surface area (Å²) in [5.41, 5.74) is -0.444. The second-order valence-corrected chi connectivity index (χ2v) is 2.66. The standard InChI is InChI=1S/C10H8F2O3/c1-15-6-4-8(11)7(9(12)5-6)2-3-10(13)14/h2-5H,1H3,(H,13,14)/p-1/b3-2+. The highest BCUT2D eigenvalue weighted by molar-refractivity contribution is 5.83. The summed E-state index contributed by atoms with van der Waals surface area (Å²) in [5.74, 6) is -3.30. The largest absolute Gasteiger partial charge is 0.545 e. The van der Waals surface area contributed by atoms with Crippen LogP contribution >= 0.6 is 0 Å². The van der Waals surface area contributed by atoms with E-state index in [0.29, 0.717) is 6.08 Å². The van der Waals surface area contributed by atoms with E-state index in [0.717, 1.165) is 18.2 Å². The fraction of sp³-hybridized carbons (Fsp3) is 0.100. The molecule has 0 saturated heterocycles. The molecule has 15 heavy (non-hydrogen) atoms. The Morgan fingerprint density at radius 1 is 1.40 bits per heavy atom. The van der Waals surface area contributed by atoms with Crippen molar-refractivity contribution in [1.82, 2.24) is 0 Å². The first-order valence-electron chi connectivity index (χ1n) is 3.96. The van der Waals surface area contributed by atoms with E-state index in [9.17, 15) is 18.7 Å². The smallest absolute Gasteiger partial charge is 0.137 e. The van der Waals surface area contributed by atoms with Crippen LogP contribution in [0, 0.1) is 11.6 Å². The van der Waals surface area contributed by atoms with Gasteiger partial charge in [0, 0.05) is 17.7 Å². The molecular weight excluding hydrogens is 206 g/mol. The third-order valence-corrected chi connectivity index (χ3v) is 1.67. The van der Waals surface area contributed by atoms with Gasteiger partial charge in [-0.05, 0) is 12.2 Å². The van der Waals surface area contributed by atoms with Crippen molar-refractivity contribution in [2.75, 3.05) is 7.11 Å². The van der Waals surface area contributed by atoms with Gasteiger partial charge in [-0.3, -0.25) is 0 Å². The zero-order valence-corrected chi connectivity index (χ0v) is 7.79. The molecule has 0 aliphatic heterocycles. The highest BCUT2D eigenvalue weighted by Gasteiger charge is 2.08. The average molecular weight is 213 g/mol. The molecule has 0 saturated carbocycles. The van der Waals surface area contributed by atoms with Gasteiger partial charge in [0.15, 0.2) is 0 Å². The Morgan fingerprint density at radius 3 is 2.33 bits per heavy atom. The molecule has 0 atom stereocenters. The Bertz CT molecular complexity index is 390. The second-order valence-electron chi connectivity index (χ2n) is 2.66. The lowest BCUT2D eigenvalue weighted by Crippen LogP contribution is -2.18. The summed E-state index contributed by atoms with van der Waals surface area (Å²) in [4.78, 5) is 10.1. The first kappa shape index (κ1) is 11.2. The Hall–Kier alpha value is -1.91. The van der Waals surface area contributed by atoms with Crippen LogP contribution in [-0.2, 0) is 4.79 Å². The zero-order chi connectivity index (χ0) is 11.4. The molecule has 5 heteroatoms. The van der Waals surface area contributed by atoms with Gasteiger partial charge in [-0.1, -0.05) is 0 Å².